The molecule has 1 atom stereocenters. The summed E-state index contributed by atoms with van der Waals surface area (Å²) in [5.74, 6) is 0. The first kappa shape index (κ1) is 34.1. The van der Waals surface area contributed by atoms with E-state index < -0.39 is 5.60 Å². The maximum Gasteiger partial charge on any atom is 0.410 e. The fourth-order valence-corrected chi connectivity index (χ4v) is 5.55. The SMILES string of the molecule is C=CN=C(CCCCC1=C=C(C)C=CC(C#N)=C1)C(/C(=C\C)c1ccccn1)=C(\C)N1CCN(C(=O)OC(C)(C)C)C[C@@H]1C. The molecular weight excluding hydrogens is 546 g/mol. The number of hydrogen-bond acceptors (Lipinski definition) is 6. The van der Waals surface area contributed by atoms with Gasteiger partial charge in [0.15, 0.2) is 0 Å². The summed E-state index contributed by atoms with van der Waals surface area (Å²) in [6, 6.07) is 8.27. The summed E-state index contributed by atoms with van der Waals surface area (Å²) >= 11 is 0. The van der Waals surface area contributed by atoms with Gasteiger partial charge in [-0.25, -0.2) is 4.79 Å². The first-order valence-electron chi connectivity index (χ1n) is 15.4. The van der Waals surface area contributed by atoms with Gasteiger partial charge < -0.3 is 14.5 Å². The van der Waals surface area contributed by atoms with Crippen molar-refractivity contribution in [1.29, 1.82) is 5.26 Å². The molecule has 3 rings (SSSR count). The second-order valence-electron chi connectivity index (χ2n) is 12.2. The lowest BCUT2D eigenvalue weighted by molar-refractivity contribution is 0.0101. The van der Waals surface area contributed by atoms with Gasteiger partial charge in [0.1, 0.15) is 5.60 Å². The van der Waals surface area contributed by atoms with Crippen LogP contribution in [0.2, 0.25) is 0 Å². The number of piperazine rings is 1. The number of aromatic nitrogens is 1. The molecule has 1 saturated heterocycles. The summed E-state index contributed by atoms with van der Waals surface area (Å²) in [4.78, 5) is 26.5. The minimum absolute atomic E-state index is 0.0741. The summed E-state index contributed by atoms with van der Waals surface area (Å²) < 4.78 is 5.65. The average Bonchev–Trinajstić information content (AvgIpc) is 3.17. The van der Waals surface area contributed by atoms with E-state index in [2.05, 4.69) is 43.2 Å². The van der Waals surface area contributed by atoms with E-state index in [0.29, 0.717) is 25.2 Å². The molecule has 2 heterocycles. The fourth-order valence-electron chi connectivity index (χ4n) is 5.55. The van der Waals surface area contributed by atoms with Gasteiger partial charge in [-0.2, -0.15) is 5.26 Å². The molecule has 1 aliphatic heterocycles. The average molecular weight is 594 g/mol. The number of ether oxygens (including phenoxy) is 1. The summed E-state index contributed by atoms with van der Waals surface area (Å²) in [5.41, 5.74) is 10.6. The number of carbonyl (C=O) groups excluding carboxylic acids is 1. The van der Waals surface area contributed by atoms with E-state index in [1.165, 1.54) is 0 Å². The lowest BCUT2D eigenvalue weighted by atomic mass is 9.91. The van der Waals surface area contributed by atoms with Crippen LogP contribution in [-0.2, 0) is 4.74 Å². The number of unbranched alkanes of at least 4 members (excludes halogenated alkanes) is 1. The van der Waals surface area contributed by atoms with Crippen LogP contribution in [0, 0.1) is 11.3 Å². The minimum Gasteiger partial charge on any atom is -0.444 e. The third-order valence-electron chi connectivity index (χ3n) is 7.55. The van der Waals surface area contributed by atoms with E-state index in [9.17, 15) is 10.1 Å². The zero-order valence-electron chi connectivity index (χ0n) is 27.5. The quantitative estimate of drug-likeness (QED) is 0.118. The van der Waals surface area contributed by atoms with Gasteiger partial charge in [-0.15, -0.1) is 5.73 Å². The second-order valence-corrected chi connectivity index (χ2v) is 12.2. The number of nitrogens with zero attached hydrogens (tertiary/aromatic N) is 5. The van der Waals surface area contributed by atoms with Gasteiger partial charge in [-0.3, -0.25) is 9.98 Å². The fraction of sp³-hybridized carbons (Fsp3) is 0.432. The standard InChI is InChI=1S/C37H47N5O2/c1-9-32(33-16-13-14-20-40-33)35(29(5)42-22-21-41(26-28(42)4)36(43)44-37(6,7)8)34(39-10-2)17-12-11-15-30-23-27(3)18-19-31(24-30)25-38/h9-10,13-14,16,18-20,24,28H,2,11-12,15,17,21-22,26H2,1,3-8H3/b32-9-,35-29+,39-34?/t28-/m0/s1. The Kier molecular flexibility index (Phi) is 12.3. The zero-order chi connectivity index (χ0) is 32.3. The van der Waals surface area contributed by atoms with Crippen LogP contribution in [0.4, 0.5) is 4.79 Å². The van der Waals surface area contributed by atoms with Crippen LogP contribution in [0.3, 0.4) is 0 Å². The van der Waals surface area contributed by atoms with Crippen LogP contribution in [-0.4, -0.2) is 57.9 Å². The van der Waals surface area contributed by atoms with Crippen molar-refractivity contribution in [3.05, 3.63) is 101 Å². The molecule has 7 nitrogen and oxygen atoms in total. The second kappa shape index (κ2) is 15.9. The van der Waals surface area contributed by atoms with E-state index in [0.717, 1.165) is 65.1 Å². The van der Waals surface area contributed by atoms with Gasteiger partial charge in [0.2, 0.25) is 0 Å². The predicted molar refractivity (Wildman–Crippen MR) is 180 cm³/mol. The monoisotopic (exact) mass is 593 g/mol. The summed E-state index contributed by atoms with van der Waals surface area (Å²) in [6.45, 7) is 19.8. The van der Waals surface area contributed by atoms with E-state index in [4.69, 9.17) is 14.7 Å². The molecule has 0 N–H and O–H groups in total. The number of allylic oxidation sites excluding steroid dienone is 9. The third-order valence-corrected chi connectivity index (χ3v) is 7.55. The lowest BCUT2D eigenvalue weighted by Crippen LogP contribution is -2.54. The molecule has 232 valence electrons. The van der Waals surface area contributed by atoms with Crippen molar-refractivity contribution in [3.8, 4) is 6.07 Å². The number of nitriles is 1. The Morgan fingerprint density at radius 1 is 1.27 bits per heavy atom. The molecule has 1 aromatic rings. The van der Waals surface area contributed by atoms with Crippen LogP contribution < -0.4 is 0 Å². The smallest absolute Gasteiger partial charge is 0.410 e. The van der Waals surface area contributed by atoms with Crippen molar-refractivity contribution in [1.82, 2.24) is 14.8 Å². The van der Waals surface area contributed by atoms with Crippen LogP contribution in [0.15, 0.2) is 100 Å². The molecule has 0 radical (unpaired) electrons. The highest BCUT2D eigenvalue weighted by Gasteiger charge is 2.32. The van der Waals surface area contributed by atoms with Crippen molar-refractivity contribution < 1.29 is 9.53 Å². The lowest BCUT2D eigenvalue weighted by Gasteiger charge is -2.42. The van der Waals surface area contributed by atoms with E-state index in [1.54, 1.807) is 11.1 Å². The van der Waals surface area contributed by atoms with Gasteiger partial charge in [0, 0.05) is 60.6 Å². The molecule has 0 saturated carbocycles. The topological polar surface area (TPSA) is 81.8 Å². The molecule has 0 spiro atoms. The Bertz CT molecular complexity index is 1470. The van der Waals surface area contributed by atoms with E-state index >= 15 is 0 Å². The number of amides is 1. The molecule has 0 aromatic carbocycles. The number of carbonyl (C=O) groups is 1. The number of hydrogen-bond donors (Lipinski definition) is 0. The Morgan fingerprint density at radius 2 is 2.05 bits per heavy atom. The molecule has 0 unspecified atom stereocenters. The number of aliphatic imine (C=N–C) groups is 1. The predicted octanol–water partition coefficient (Wildman–Crippen LogP) is 8.34. The van der Waals surface area contributed by atoms with Crippen molar-refractivity contribution in [2.45, 2.75) is 85.8 Å². The first-order valence-corrected chi connectivity index (χ1v) is 15.4. The van der Waals surface area contributed by atoms with E-state index in [-0.39, 0.29) is 12.1 Å². The van der Waals surface area contributed by atoms with Crippen molar-refractivity contribution in [2.24, 2.45) is 4.99 Å². The van der Waals surface area contributed by atoms with Crippen LogP contribution in [0.1, 0.15) is 79.8 Å². The molecule has 1 aromatic heterocycles. The highest BCUT2D eigenvalue weighted by atomic mass is 16.6. The molecule has 2 aliphatic rings. The Balaban J connectivity index is 1.91. The number of rotatable bonds is 10. The van der Waals surface area contributed by atoms with Gasteiger partial charge >= 0.3 is 6.09 Å². The van der Waals surface area contributed by atoms with E-state index in [1.807, 2.05) is 77.2 Å². The van der Waals surface area contributed by atoms with Gasteiger partial charge in [-0.05, 0) is 110 Å². The highest BCUT2D eigenvalue weighted by Crippen LogP contribution is 2.31. The van der Waals surface area contributed by atoms with Crippen LogP contribution in [0.5, 0.6) is 0 Å². The highest BCUT2D eigenvalue weighted by molar-refractivity contribution is 6.13. The normalized spacial score (nSPS) is 18.4. The largest absolute Gasteiger partial charge is 0.444 e. The first-order chi connectivity index (χ1) is 21.0. The van der Waals surface area contributed by atoms with Crippen molar-refractivity contribution >= 4 is 17.4 Å². The summed E-state index contributed by atoms with van der Waals surface area (Å²) in [5, 5.41) is 9.43. The zero-order valence-corrected chi connectivity index (χ0v) is 27.5. The summed E-state index contributed by atoms with van der Waals surface area (Å²) in [6.07, 6.45) is 14.4. The van der Waals surface area contributed by atoms with Gasteiger partial charge in [0.05, 0.1) is 17.3 Å². The number of pyridine rings is 1. The Hall–Kier alpha value is -4.40. The van der Waals surface area contributed by atoms with Crippen molar-refractivity contribution in [2.75, 3.05) is 19.6 Å². The molecule has 44 heavy (non-hydrogen) atoms. The molecule has 7 heteroatoms. The summed E-state index contributed by atoms with van der Waals surface area (Å²) in [7, 11) is 0. The molecule has 1 aliphatic carbocycles. The van der Waals surface area contributed by atoms with Gasteiger partial charge in [-0.1, -0.05) is 24.8 Å². The van der Waals surface area contributed by atoms with Crippen LogP contribution in [0.25, 0.3) is 5.57 Å². The van der Waals surface area contributed by atoms with Crippen LogP contribution >= 0.6 is 0 Å². The maximum atomic E-state index is 12.8. The molecule has 1 amide bonds. The van der Waals surface area contributed by atoms with Crippen molar-refractivity contribution in [3.63, 3.8) is 0 Å². The maximum absolute atomic E-state index is 12.8. The Labute approximate surface area is 264 Å². The molecule has 0 bridgehead atoms. The molecule has 1 fully saturated rings. The third kappa shape index (κ3) is 9.56. The Morgan fingerprint density at radius 3 is 2.66 bits per heavy atom. The molecular formula is C37H47N5O2. The van der Waals surface area contributed by atoms with Gasteiger partial charge in [0.25, 0.3) is 0 Å². The minimum atomic E-state index is -0.535.